The van der Waals surface area contributed by atoms with Crippen LogP contribution in [0.3, 0.4) is 0 Å². The summed E-state index contributed by atoms with van der Waals surface area (Å²) in [5, 5.41) is 5.26. The second-order valence-corrected chi connectivity index (χ2v) is 8.08. The lowest BCUT2D eigenvalue weighted by molar-refractivity contribution is 0.0983. The summed E-state index contributed by atoms with van der Waals surface area (Å²) < 4.78 is 20.6. The largest absolute Gasteiger partial charge is 0.377 e. The van der Waals surface area contributed by atoms with Crippen molar-refractivity contribution in [3.63, 3.8) is 0 Å². The highest BCUT2D eigenvalue weighted by Crippen LogP contribution is 2.32. The van der Waals surface area contributed by atoms with Crippen LogP contribution in [0.5, 0.6) is 0 Å². The minimum atomic E-state index is -0.473. The normalized spacial score (nSPS) is 19.1. The molecule has 0 aliphatic carbocycles. The molecule has 0 saturated carbocycles. The predicted molar refractivity (Wildman–Crippen MR) is 118 cm³/mol. The van der Waals surface area contributed by atoms with E-state index in [-0.39, 0.29) is 12.1 Å². The number of aromatic nitrogens is 2. The van der Waals surface area contributed by atoms with Gasteiger partial charge in [0, 0.05) is 37.4 Å². The van der Waals surface area contributed by atoms with E-state index in [2.05, 4.69) is 34.4 Å². The highest BCUT2D eigenvalue weighted by Gasteiger charge is 2.28. The first-order chi connectivity index (χ1) is 15.0. The van der Waals surface area contributed by atoms with E-state index in [0.29, 0.717) is 43.4 Å². The Morgan fingerprint density at radius 1 is 1.32 bits per heavy atom. The number of carbonyl (C=O) groups excluding carboxylic acids is 1. The summed E-state index contributed by atoms with van der Waals surface area (Å²) in [6, 6.07) is 4.41. The number of halogens is 1. The van der Waals surface area contributed by atoms with E-state index < -0.39 is 5.82 Å². The minimum absolute atomic E-state index is 0.189. The van der Waals surface area contributed by atoms with E-state index in [1.54, 1.807) is 12.1 Å². The van der Waals surface area contributed by atoms with Gasteiger partial charge in [-0.05, 0) is 45.5 Å². The van der Waals surface area contributed by atoms with Gasteiger partial charge in [0.05, 0.1) is 30.5 Å². The number of nitrogens with zero attached hydrogens (tertiary/aromatic N) is 4. The molecule has 0 radical (unpaired) electrons. The smallest absolute Gasteiger partial charge is 0.319 e. The van der Waals surface area contributed by atoms with Crippen LogP contribution in [-0.2, 0) is 17.7 Å². The number of nitrogens with one attached hydrogen (secondary N) is 2. The minimum Gasteiger partial charge on any atom is -0.377 e. The zero-order valence-corrected chi connectivity index (χ0v) is 18.2. The van der Waals surface area contributed by atoms with Crippen LogP contribution in [0.15, 0.2) is 18.2 Å². The van der Waals surface area contributed by atoms with Crippen molar-refractivity contribution in [1.29, 1.82) is 0 Å². The molecule has 2 aromatic rings. The third kappa shape index (κ3) is 4.62. The van der Waals surface area contributed by atoms with Crippen molar-refractivity contribution in [1.82, 2.24) is 20.2 Å². The van der Waals surface area contributed by atoms with Crippen molar-refractivity contribution in [3.8, 4) is 11.4 Å². The van der Waals surface area contributed by atoms with E-state index in [1.165, 1.54) is 6.07 Å². The van der Waals surface area contributed by atoms with Crippen LogP contribution in [0.4, 0.5) is 20.7 Å². The van der Waals surface area contributed by atoms with Gasteiger partial charge in [-0.2, -0.15) is 0 Å². The molecule has 2 aliphatic heterocycles. The Bertz CT molecular complexity index is 969. The third-order valence-corrected chi connectivity index (χ3v) is 5.68. The van der Waals surface area contributed by atoms with Crippen molar-refractivity contribution >= 4 is 17.5 Å². The lowest BCUT2D eigenvalue weighted by Gasteiger charge is -2.37. The zero-order chi connectivity index (χ0) is 22.0. The van der Waals surface area contributed by atoms with E-state index in [0.717, 1.165) is 36.6 Å². The van der Waals surface area contributed by atoms with Gasteiger partial charge in [-0.25, -0.2) is 19.2 Å². The molecule has 9 heteroatoms. The highest BCUT2D eigenvalue weighted by atomic mass is 19.1. The number of hydrogen-bond donors (Lipinski definition) is 2. The molecule has 2 N–H and O–H groups in total. The molecule has 8 nitrogen and oxygen atoms in total. The van der Waals surface area contributed by atoms with Crippen LogP contribution in [0.2, 0.25) is 0 Å². The van der Waals surface area contributed by atoms with Crippen molar-refractivity contribution in [2.75, 3.05) is 50.1 Å². The summed E-state index contributed by atoms with van der Waals surface area (Å²) in [6.45, 7) is 8.11. The number of amides is 2. The number of hydrogen-bond acceptors (Lipinski definition) is 6. The molecule has 1 aromatic carbocycles. The number of urea groups is 1. The topological polar surface area (TPSA) is 82.6 Å². The summed E-state index contributed by atoms with van der Waals surface area (Å²) in [7, 11) is 2.06. The standard InChI is InChI=1S/C22H29FN6O2/c1-4-24-22(30)25-15-5-6-16(18(23)11-15)20-26-19-12-28(3)8-7-17(19)21(27-20)29-9-10-31-13-14(29)2/h5-6,11,14H,4,7-10,12-13H2,1-3H3,(H2,24,25,30)/t14-/m0/s1. The van der Waals surface area contributed by atoms with Crippen molar-refractivity contribution in [3.05, 3.63) is 35.3 Å². The number of carbonyl (C=O) groups is 1. The molecule has 4 rings (SSSR count). The van der Waals surface area contributed by atoms with E-state index in [4.69, 9.17) is 14.7 Å². The fourth-order valence-corrected chi connectivity index (χ4v) is 4.05. The number of fused-ring (bicyclic) bond motifs is 1. The maximum Gasteiger partial charge on any atom is 0.319 e. The molecular weight excluding hydrogens is 399 g/mol. The van der Waals surface area contributed by atoms with Gasteiger partial charge in [-0.1, -0.05) is 0 Å². The summed E-state index contributed by atoms with van der Waals surface area (Å²) in [5.74, 6) is 0.775. The van der Waals surface area contributed by atoms with Crippen LogP contribution >= 0.6 is 0 Å². The van der Waals surface area contributed by atoms with Gasteiger partial charge in [0.25, 0.3) is 0 Å². The number of morpholine rings is 1. The maximum absolute atomic E-state index is 15.0. The number of benzene rings is 1. The fraction of sp³-hybridized carbons (Fsp3) is 0.500. The first-order valence-corrected chi connectivity index (χ1v) is 10.7. The predicted octanol–water partition coefficient (Wildman–Crippen LogP) is 2.64. The lowest BCUT2D eigenvalue weighted by atomic mass is 10.0. The lowest BCUT2D eigenvalue weighted by Crippen LogP contribution is -2.45. The van der Waals surface area contributed by atoms with Gasteiger partial charge in [0.1, 0.15) is 11.6 Å². The Morgan fingerprint density at radius 3 is 2.90 bits per heavy atom. The van der Waals surface area contributed by atoms with Gasteiger partial charge >= 0.3 is 6.03 Å². The van der Waals surface area contributed by atoms with Crippen LogP contribution in [0.1, 0.15) is 25.1 Å². The number of anilines is 2. The molecule has 3 heterocycles. The van der Waals surface area contributed by atoms with Gasteiger partial charge in [0.15, 0.2) is 5.82 Å². The molecule has 1 saturated heterocycles. The van der Waals surface area contributed by atoms with Crippen LogP contribution in [-0.4, -0.2) is 66.8 Å². The van der Waals surface area contributed by atoms with Gasteiger partial charge in [0.2, 0.25) is 0 Å². The highest BCUT2D eigenvalue weighted by molar-refractivity contribution is 5.89. The monoisotopic (exact) mass is 428 g/mol. The maximum atomic E-state index is 15.0. The molecule has 1 aromatic heterocycles. The van der Waals surface area contributed by atoms with Crippen molar-refractivity contribution < 1.29 is 13.9 Å². The second-order valence-electron chi connectivity index (χ2n) is 8.08. The van der Waals surface area contributed by atoms with Crippen molar-refractivity contribution in [2.45, 2.75) is 32.9 Å². The van der Waals surface area contributed by atoms with Crippen LogP contribution < -0.4 is 15.5 Å². The Morgan fingerprint density at radius 2 is 2.16 bits per heavy atom. The molecule has 0 spiro atoms. The number of ether oxygens (including phenoxy) is 1. The second kappa shape index (κ2) is 9.15. The Labute approximate surface area is 181 Å². The van der Waals surface area contributed by atoms with Gasteiger partial charge in [-0.3, -0.25) is 0 Å². The molecule has 0 bridgehead atoms. The van der Waals surface area contributed by atoms with E-state index in [1.807, 2.05) is 6.92 Å². The van der Waals surface area contributed by atoms with Crippen molar-refractivity contribution in [2.24, 2.45) is 0 Å². The quantitative estimate of drug-likeness (QED) is 0.779. The molecular formula is C22H29FN6O2. The SMILES string of the molecule is CCNC(=O)Nc1ccc(-c2nc3c(c(N4CCOC[C@@H]4C)n2)CCN(C)C3)c(F)c1. The third-order valence-electron chi connectivity index (χ3n) is 5.68. The summed E-state index contributed by atoms with van der Waals surface area (Å²) >= 11 is 0. The molecule has 166 valence electrons. The zero-order valence-electron chi connectivity index (χ0n) is 18.2. The van der Waals surface area contributed by atoms with E-state index >= 15 is 4.39 Å². The van der Waals surface area contributed by atoms with E-state index in [9.17, 15) is 4.79 Å². The number of rotatable bonds is 4. The summed E-state index contributed by atoms with van der Waals surface area (Å²) in [5.41, 5.74) is 2.79. The van der Waals surface area contributed by atoms with Crippen LogP contribution in [0, 0.1) is 5.82 Å². The average Bonchev–Trinajstić information content (AvgIpc) is 2.73. The van der Waals surface area contributed by atoms with Gasteiger partial charge < -0.3 is 25.2 Å². The fourth-order valence-electron chi connectivity index (χ4n) is 4.05. The van der Waals surface area contributed by atoms with Gasteiger partial charge in [-0.15, -0.1) is 0 Å². The Kier molecular flexibility index (Phi) is 6.33. The first kappa shape index (κ1) is 21.5. The average molecular weight is 429 g/mol. The molecule has 2 aliphatic rings. The Balaban J connectivity index is 1.72. The Hall–Kier alpha value is -2.78. The summed E-state index contributed by atoms with van der Waals surface area (Å²) in [6.07, 6.45) is 0.864. The molecule has 0 unspecified atom stereocenters. The molecule has 1 atom stereocenters. The molecule has 31 heavy (non-hydrogen) atoms. The number of likely N-dealkylation sites (N-methyl/N-ethyl adjacent to an activating group) is 1. The summed E-state index contributed by atoms with van der Waals surface area (Å²) in [4.78, 5) is 25.8. The first-order valence-electron chi connectivity index (χ1n) is 10.7. The molecule has 2 amide bonds. The molecule has 1 fully saturated rings. The van der Waals surface area contributed by atoms with Crippen LogP contribution in [0.25, 0.3) is 11.4 Å².